The first-order valence-corrected chi connectivity index (χ1v) is 4.86. The van der Waals surface area contributed by atoms with Crippen molar-refractivity contribution >= 4 is 0 Å². The number of hydrogen-bond acceptors (Lipinski definition) is 2. The van der Waals surface area contributed by atoms with Gasteiger partial charge >= 0.3 is 0 Å². The number of nitrogens with one attached hydrogen (secondary N) is 1. The number of aromatic amines is 1. The van der Waals surface area contributed by atoms with Gasteiger partial charge < -0.3 is 4.74 Å². The van der Waals surface area contributed by atoms with E-state index in [2.05, 4.69) is 14.9 Å². The van der Waals surface area contributed by atoms with E-state index in [0.29, 0.717) is 5.56 Å². The summed E-state index contributed by atoms with van der Waals surface area (Å²) in [5.41, 5.74) is 1.37. The first kappa shape index (κ1) is 11.5. The monoisotopic (exact) mass is 242 g/mol. The van der Waals surface area contributed by atoms with Crippen molar-refractivity contribution < 1.29 is 17.9 Å². The summed E-state index contributed by atoms with van der Waals surface area (Å²) >= 11 is 0. The van der Waals surface area contributed by atoms with E-state index in [-0.39, 0.29) is 5.75 Å². The molecule has 1 aromatic carbocycles. The molecule has 1 N–H and O–H groups in total. The van der Waals surface area contributed by atoms with Gasteiger partial charge in [-0.1, -0.05) is 6.07 Å². The third-order valence-corrected chi connectivity index (χ3v) is 2.13. The van der Waals surface area contributed by atoms with Crippen LogP contribution >= 0.6 is 0 Å². The molecule has 0 aliphatic carbocycles. The molecule has 0 radical (unpaired) electrons. The molecule has 1 heterocycles. The predicted octanol–water partition coefficient (Wildman–Crippen LogP) is 2.86. The van der Waals surface area contributed by atoms with Gasteiger partial charge in [0.25, 0.3) is 6.43 Å². The summed E-state index contributed by atoms with van der Waals surface area (Å²) in [6.45, 7) is -0.828. The molecule has 0 fully saturated rings. The Morgan fingerprint density at radius 2 is 2.12 bits per heavy atom. The standard InChI is InChI=1S/C11H9F3N2O/c12-9-2-1-7(8-4-15-16-5-8)3-10(9)17-6-11(13)14/h1-5,11H,6H2,(H,15,16). The highest BCUT2D eigenvalue weighted by Gasteiger charge is 2.10. The number of aromatic nitrogens is 2. The Balaban J connectivity index is 2.23. The van der Waals surface area contributed by atoms with Crippen LogP contribution < -0.4 is 4.74 Å². The quantitative estimate of drug-likeness (QED) is 0.895. The highest BCUT2D eigenvalue weighted by molar-refractivity contribution is 5.63. The predicted molar refractivity (Wildman–Crippen MR) is 55.5 cm³/mol. The molecule has 0 spiro atoms. The molecule has 0 saturated heterocycles. The molecule has 6 heteroatoms. The molecule has 2 rings (SSSR count). The highest BCUT2D eigenvalue weighted by atomic mass is 19.3. The minimum atomic E-state index is -2.63. The van der Waals surface area contributed by atoms with Crippen molar-refractivity contribution in [2.75, 3.05) is 6.61 Å². The molecule has 17 heavy (non-hydrogen) atoms. The van der Waals surface area contributed by atoms with Gasteiger partial charge in [-0.25, -0.2) is 13.2 Å². The summed E-state index contributed by atoms with van der Waals surface area (Å²) in [5, 5.41) is 6.35. The Kier molecular flexibility index (Phi) is 3.32. The maximum absolute atomic E-state index is 13.3. The fourth-order valence-corrected chi connectivity index (χ4v) is 1.36. The molecule has 2 aromatic rings. The topological polar surface area (TPSA) is 37.9 Å². The Labute approximate surface area is 95.2 Å². The van der Waals surface area contributed by atoms with Crippen LogP contribution in [-0.2, 0) is 0 Å². The van der Waals surface area contributed by atoms with E-state index >= 15 is 0 Å². The molecule has 0 amide bonds. The lowest BCUT2D eigenvalue weighted by atomic mass is 10.1. The fraction of sp³-hybridized carbons (Fsp3) is 0.182. The van der Waals surface area contributed by atoms with Crippen molar-refractivity contribution in [1.82, 2.24) is 10.2 Å². The molecule has 90 valence electrons. The zero-order chi connectivity index (χ0) is 12.3. The Morgan fingerprint density at radius 1 is 1.29 bits per heavy atom. The minimum Gasteiger partial charge on any atom is -0.485 e. The van der Waals surface area contributed by atoms with Gasteiger partial charge in [0.05, 0.1) is 6.20 Å². The van der Waals surface area contributed by atoms with Crippen LogP contribution in [0.15, 0.2) is 30.6 Å². The summed E-state index contributed by atoms with van der Waals surface area (Å²) in [4.78, 5) is 0. The second-order valence-corrected chi connectivity index (χ2v) is 3.33. The fourth-order valence-electron chi connectivity index (χ4n) is 1.36. The first-order valence-electron chi connectivity index (χ1n) is 4.86. The number of ether oxygens (including phenoxy) is 1. The van der Waals surface area contributed by atoms with Gasteiger partial charge in [-0.05, 0) is 17.7 Å². The Morgan fingerprint density at radius 3 is 2.76 bits per heavy atom. The second-order valence-electron chi connectivity index (χ2n) is 3.33. The molecule has 0 saturated carbocycles. The molecule has 0 unspecified atom stereocenters. The largest absolute Gasteiger partial charge is 0.485 e. The molecular weight excluding hydrogens is 233 g/mol. The lowest BCUT2D eigenvalue weighted by molar-refractivity contribution is 0.0799. The van der Waals surface area contributed by atoms with E-state index in [4.69, 9.17) is 0 Å². The maximum Gasteiger partial charge on any atom is 0.272 e. The number of halogens is 3. The van der Waals surface area contributed by atoms with Crippen molar-refractivity contribution in [1.29, 1.82) is 0 Å². The molecule has 0 aliphatic rings. The number of nitrogens with zero attached hydrogens (tertiary/aromatic N) is 1. The zero-order valence-corrected chi connectivity index (χ0v) is 8.66. The van der Waals surface area contributed by atoms with Gasteiger partial charge in [0, 0.05) is 11.8 Å². The van der Waals surface area contributed by atoms with Gasteiger partial charge in [0.15, 0.2) is 11.6 Å². The molecular formula is C11H9F3N2O. The van der Waals surface area contributed by atoms with Gasteiger partial charge in [-0.2, -0.15) is 5.10 Å². The van der Waals surface area contributed by atoms with Gasteiger partial charge in [0.1, 0.15) is 6.61 Å². The maximum atomic E-state index is 13.3. The van der Waals surface area contributed by atoms with Crippen molar-refractivity contribution in [3.8, 4) is 16.9 Å². The van der Waals surface area contributed by atoms with Crippen molar-refractivity contribution in [3.05, 3.63) is 36.4 Å². The minimum absolute atomic E-state index is 0.191. The summed E-state index contributed by atoms with van der Waals surface area (Å²) < 4.78 is 41.9. The molecule has 0 atom stereocenters. The summed E-state index contributed by atoms with van der Waals surface area (Å²) in [5.74, 6) is -0.859. The van der Waals surface area contributed by atoms with E-state index in [0.717, 1.165) is 5.56 Å². The van der Waals surface area contributed by atoms with Crippen LogP contribution in [0, 0.1) is 5.82 Å². The van der Waals surface area contributed by atoms with Crippen LogP contribution in [0.2, 0.25) is 0 Å². The number of H-pyrrole nitrogens is 1. The third-order valence-electron chi connectivity index (χ3n) is 2.13. The second kappa shape index (κ2) is 4.90. The third kappa shape index (κ3) is 2.77. The molecule has 3 nitrogen and oxygen atoms in total. The van der Waals surface area contributed by atoms with Crippen molar-refractivity contribution in [2.24, 2.45) is 0 Å². The van der Waals surface area contributed by atoms with Crippen LogP contribution in [0.5, 0.6) is 5.75 Å². The van der Waals surface area contributed by atoms with Crippen LogP contribution in [0.3, 0.4) is 0 Å². The molecule has 1 aromatic heterocycles. The van der Waals surface area contributed by atoms with Crippen LogP contribution in [0.4, 0.5) is 13.2 Å². The van der Waals surface area contributed by atoms with Crippen LogP contribution in [0.1, 0.15) is 0 Å². The van der Waals surface area contributed by atoms with Gasteiger partial charge in [-0.15, -0.1) is 0 Å². The Bertz CT molecular complexity index is 485. The average Bonchev–Trinajstić information content (AvgIpc) is 2.81. The summed E-state index contributed by atoms with van der Waals surface area (Å²) in [6.07, 6.45) is 0.529. The zero-order valence-electron chi connectivity index (χ0n) is 8.66. The van der Waals surface area contributed by atoms with E-state index in [9.17, 15) is 13.2 Å². The van der Waals surface area contributed by atoms with E-state index in [1.807, 2.05) is 0 Å². The summed E-state index contributed by atoms with van der Waals surface area (Å²) in [6, 6.07) is 4.06. The van der Waals surface area contributed by atoms with Gasteiger partial charge in [0.2, 0.25) is 0 Å². The first-order chi connectivity index (χ1) is 8.16. The van der Waals surface area contributed by atoms with Crippen LogP contribution in [0.25, 0.3) is 11.1 Å². The van der Waals surface area contributed by atoms with E-state index < -0.39 is 18.8 Å². The molecule has 0 aliphatic heterocycles. The number of benzene rings is 1. The number of alkyl halides is 2. The lowest BCUT2D eigenvalue weighted by Gasteiger charge is -2.07. The lowest BCUT2D eigenvalue weighted by Crippen LogP contribution is -2.08. The van der Waals surface area contributed by atoms with Crippen LogP contribution in [-0.4, -0.2) is 23.2 Å². The normalized spacial score (nSPS) is 10.8. The Hall–Kier alpha value is -1.98. The molecule has 0 bridgehead atoms. The number of hydrogen-bond donors (Lipinski definition) is 1. The summed E-state index contributed by atoms with van der Waals surface area (Å²) in [7, 11) is 0. The smallest absolute Gasteiger partial charge is 0.272 e. The van der Waals surface area contributed by atoms with Crippen molar-refractivity contribution in [2.45, 2.75) is 6.43 Å². The van der Waals surface area contributed by atoms with E-state index in [1.54, 1.807) is 12.4 Å². The van der Waals surface area contributed by atoms with E-state index in [1.165, 1.54) is 18.2 Å². The number of rotatable bonds is 4. The average molecular weight is 242 g/mol. The highest BCUT2D eigenvalue weighted by Crippen LogP contribution is 2.26. The SMILES string of the molecule is Fc1ccc(-c2cn[nH]c2)cc1OCC(F)F. The van der Waals surface area contributed by atoms with Crippen molar-refractivity contribution in [3.63, 3.8) is 0 Å². The van der Waals surface area contributed by atoms with Gasteiger partial charge in [-0.3, -0.25) is 5.10 Å².